The molecule has 3 saturated heterocycles. The van der Waals surface area contributed by atoms with Crippen LogP contribution in [0.5, 0.6) is 0 Å². The van der Waals surface area contributed by atoms with Crippen LogP contribution in [0.25, 0.3) is 22.3 Å². The number of halogens is 2. The van der Waals surface area contributed by atoms with Gasteiger partial charge in [0.25, 0.3) is 6.57 Å². The van der Waals surface area contributed by atoms with E-state index in [0.29, 0.717) is 0 Å². The van der Waals surface area contributed by atoms with E-state index in [1.807, 2.05) is 0 Å². The summed E-state index contributed by atoms with van der Waals surface area (Å²) in [5.41, 5.74) is 12.5. The van der Waals surface area contributed by atoms with E-state index in [9.17, 15) is 9.13 Å². The van der Waals surface area contributed by atoms with Crippen LogP contribution >= 0.6 is 37.9 Å². The highest BCUT2D eigenvalue weighted by molar-refractivity contribution is 8.46. The van der Waals surface area contributed by atoms with Gasteiger partial charge in [-0.1, -0.05) is 24.5 Å². The topological polar surface area (TPSA) is 229 Å². The van der Waals surface area contributed by atoms with E-state index >= 15 is 8.78 Å². The summed E-state index contributed by atoms with van der Waals surface area (Å²) in [5.74, 6) is 0.118. The van der Waals surface area contributed by atoms with Crippen molar-refractivity contribution in [2.75, 3.05) is 31.0 Å². The molecule has 242 valence electrons. The Morgan fingerprint density at radius 3 is 2.00 bits per heavy atom. The molecule has 0 saturated carbocycles. The summed E-state index contributed by atoms with van der Waals surface area (Å²) in [6, 6.07) is 0. The summed E-state index contributed by atoms with van der Waals surface area (Å²) in [6.07, 6.45) is -8.23. The Morgan fingerprint density at radius 1 is 0.778 bits per heavy atom. The maximum Gasteiger partial charge on any atom is 0.386 e. The molecule has 0 aliphatic carbocycles. The molecule has 3 fully saturated rings. The Bertz CT molecular complexity index is 1860. The van der Waals surface area contributed by atoms with Crippen molar-refractivity contribution >= 4 is 71.8 Å². The molecule has 2 bridgehead atoms. The number of nitrogens with zero attached hydrogens (tertiary/aromatic N) is 8. The number of ether oxygens (including phenoxy) is 3. The number of hydrogen-bond acceptors (Lipinski definition) is 16. The number of anilines is 2. The largest absolute Gasteiger partial charge is 0.386 e. The zero-order valence-corrected chi connectivity index (χ0v) is 26.2. The molecule has 3 aliphatic rings. The van der Waals surface area contributed by atoms with Crippen molar-refractivity contribution in [3.63, 3.8) is 0 Å². The Labute approximate surface area is 261 Å². The minimum absolute atomic E-state index is 0.0543. The third-order valence-corrected chi connectivity index (χ3v) is 10.7. The van der Waals surface area contributed by atoms with Gasteiger partial charge in [-0.15, -0.1) is 0 Å². The fourth-order valence-electron chi connectivity index (χ4n) is 5.29. The lowest BCUT2D eigenvalue weighted by Crippen LogP contribution is -2.36. The summed E-state index contributed by atoms with van der Waals surface area (Å²) < 4.78 is 95.0. The van der Waals surface area contributed by atoms with Crippen LogP contribution in [0.2, 0.25) is 0 Å². The first-order chi connectivity index (χ1) is 21.4. The van der Waals surface area contributed by atoms with Crippen molar-refractivity contribution in [1.29, 1.82) is 0 Å². The number of thiol groups is 2. The minimum Gasteiger partial charge on any atom is -0.382 e. The molecule has 3 aliphatic heterocycles. The number of alkyl halides is 2. The van der Waals surface area contributed by atoms with Gasteiger partial charge >= 0.3 is 6.80 Å². The van der Waals surface area contributed by atoms with Gasteiger partial charge in [0, 0.05) is 0 Å². The molecular formula is C21H24F2N10O8P2S2. The highest BCUT2D eigenvalue weighted by Crippen LogP contribution is 2.59. The van der Waals surface area contributed by atoms with Crippen molar-refractivity contribution < 1.29 is 45.7 Å². The summed E-state index contributed by atoms with van der Waals surface area (Å²) >= 11 is 8.12. The molecule has 7 heterocycles. The minimum atomic E-state index is -4.42. The van der Waals surface area contributed by atoms with E-state index in [-0.39, 0.29) is 34.0 Å². The van der Waals surface area contributed by atoms with Gasteiger partial charge in [-0.05, 0) is 0 Å². The number of rotatable bonds is 2. The molecule has 4 aromatic heterocycles. The van der Waals surface area contributed by atoms with Gasteiger partial charge < -0.3 is 30.2 Å². The zero-order chi connectivity index (χ0) is 31.7. The van der Waals surface area contributed by atoms with Crippen molar-refractivity contribution in [2.45, 2.75) is 49.2 Å². The van der Waals surface area contributed by atoms with Crippen LogP contribution in [0.15, 0.2) is 25.3 Å². The van der Waals surface area contributed by atoms with Crippen LogP contribution in [-0.2, 0) is 36.9 Å². The van der Waals surface area contributed by atoms with Gasteiger partial charge in [0.15, 0.2) is 47.7 Å². The number of nitrogens with two attached hydrogens (primary N) is 2. The molecule has 10 atom stereocenters. The molecule has 24 heteroatoms. The Hall–Kier alpha value is -2.52. The summed E-state index contributed by atoms with van der Waals surface area (Å²) in [6.45, 7) is -9.56. The molecule has 0 amide bonds. The Balaban J connectivity index is 1.19. The molecule has 2 unspecified atom stereocenters. The normalized spacial score (nSPS) is 38.0. The summed E-state index contributed by atoms with van der Waals surface area (Å²) in [7, 11) is 0. The van der Waals surface area contributed by atoms with E-state index in [4.69, 9.17) is 39.2 Å². The van der Waals surface area contributed by atoms with E-state index < -0.39 is 82.1 Å². The predicted molar refractivity (Wildman–Crippen MR) is 157 cm³/mol. The van der Waals surface area contributed by atoms with Gasteiger partial charge in [0.05, 0.1) is 25.9 Å². The molecule has 0 spiro atoms. The molecule has 0 radical (unpaired) electrons. The first-order valence-electron chi connectivity index (χ1n) is 13.1. The van der Waals surface area contributed by atoms with E-state index in [0.717, 1.165) is 0 Å². The Morgan fingerprint density at radius 2 is 1.36 bits per heavy atom. The smallest absolute Gasteiger partial charge is 0.382 e. The SMILES string of the molecule is Nc1ncnc2c1ncn2[C@@H]1O[C@@H]2COP(=O)(S)O[C@@H]3[C@H](F)[C@@H](COP(=O)(S)CO[C@H]2[C@H]1F)O[C@H]3n1cnc2c(N)ncnc21. The van der Waals surface area contributed by atoms with Crippen LogP contribution in [0.3, 0.4) is 0 Å². The first-order valence-corrected chi connectivity index (χ1v) is 18.8. The van der Waals surface area contributed by atoms with Crippen molar-refractivity contribution in [3.05, 3.63) is 25.3 Å². The van der Waals surface area contributed by atoms with Crippen molar-refractivity contribution in [1.82, 2.24) is 39.0 Å². The molecule has 7 rings (SSSR count). The quantitative estimate of drug-likeness (QED) is 0.173. The Kier molecular flexibility index (Phi) is 8.03. The van der Waals surface area contributed by atoms with E-state index in [2.05, 4.69) is 54.4 Å². The third kappa shape index (κ3) is 5.70. The second-order valence-electron chi connectivity index (χ2n) is 10.2. The van der Waals surface area contributed by atoms with Crippen molar-refractivity contribution in [2.24, 2.45) is 0 Å². The molecule has 45 heavy (non-hydrogen) atoms. The number of aromatic nitrogens is 8. The highest BCUT2D eigenvalue weighted by atomic mass is 32.7. The van der Waals surface area contributed by atoms with Crippen LogP contribution in [0.1, 0.15) is 12.5 Å². The summed E-state index contributed by atoms with van der Waals surface area (Å²) in [5, 5.41) is 0. The van der Waals surface area contributed by atoms with Gasteiger partial charge in [-0.25, -0.2) is 43.2 Å². The second kappa shape index (κ2) is 11.6. The van der Waals surface area contributed by atoms with Crippen LogP contribution in [0, 0.1) is 0 Å². The molecule has 4 aromatic rings. The third-order valence-electron chi connectivity index (χ3n) is 7.38. The first kappa shape index (κ1) is 31.1. The lowest BCUT2D eigenvalue weighted by molar-refractivity contribution is -0.0547. The predicted octanol–water partition coefficient (Wildman–Crippen LogP) is 2.24. The monoisotopic (exact) mass is 708 g/mol. The lowest BCUT2D eigenvalue weighted by atomic mass is 10.1. The van der Waals surface area contributed by atoms with Crippen LogP contribution in [0.4, 0.5) is 20.4 Å². The van der Waals surface area contributed by atoms with Gasteiger partial charge in [0.2, 0.25) is 0 Å². The average molecular weight is 709 g/mol. The zero-order valence-electron chi connectivity index (χ0n) is 22.6. The lowest BCUT2D eigenvalue weighted by Gasteiger charge is -2.26. The van der Waals surface area contributed by atoms with Crippen LogP contribution < -0.4 is 11.5 Å². The number of nitrogen functional groups attached to an aromatic ring is 2. The maximum atomic E-state index is 16.0. The van der Waals surface area contributed by atoms with Gasteiger partial charge in [-0.3, -0.25) is 22.7 Å². The van der Waals surface area contributed by atoms with E-state index in [1.54, 1.807) is 0 Å². The standard InChI is InChI=1S/C21H24F2N10O8P2S2/c22-10-8-1-37-42(34,44)7-36-14-9(40-20(11(14)23)32-5-30-12-16(24)26-3-28-18(12)32)2-38-43(35,45)41-15(10)21(39-8)33-6-31-13-17(25)27-4-29-19(13)33/h3-6,8-11,14-15,20-21H,1-2,7H2,(H,34,44)(H,35,45)(H2,24,26,28)(H2,25,27,29)/t8-,9-,10-,11-,14-,15-,20-,21-,42?,43?/m1/s1. The van der Waals surface area contributed by atoms with Crippen molar-refractivity contribution in [3.8, 4) is 0 Å². The summed E-state index contributed by atoms with van der Waals surface area (Å²) in [4.78, 5) is 24.3. The van der Waals surface area contributed by atoms with Gasteiger partial charge in [-0.2, -0.15) is 0 Å². The van der Waals surface area contributed by atoms with Crippen LogP contribution in [-0.4, -0.2) is 95.4 Å². The average Bonchev–Trinajstić information content (AvgIpc) is 3.75. The fourth-order valence-corrected chi connectivity index (χ4v) is 7.95. The molecule has 4 N–H and O–H groups in total. The molecule has 0 aromatic carbocycles. The van der Waals surface area contributed by atoms with E-state index in [1.165, 1.54) is 34.4 Å². The molecule has 18 nitrogen and oxygen atoms in total. The second-order valence-corrected chi connectivity index (χ2v) is 16.7. The number of hydrogen-bond donors (Lipinski definition) is 4. The maximum absolute atomic E-state index is 16.0. The molecular weight excluding hydrogens is 684 g/mol. The highest BCUT2D eigenvalue weighted by Gasteiger charge is 2.53. The number of imidazole rings is 2. The number of fused-ring (bicyclic) bond motifs is 5. The van der Waals surface area contributed by atoms with Gasteiger partial charge in [0.1, 0.15) is 54.5 Å². The fraction of sp³-hybridized carbons (Fsp3) is 0.524.